The normalized spacial score (nSPS) is 15.1. The summed E-state index contributed by atoms with van der Waals surface area (Å²) in [6, 6.07) is 17.3. The van der Waals surface area contributed by atoms with Gasteiger partial charge in [0.25, 0.3) is 11.8 Å². The summed E-state index contributed by atoms with van der Waals surface area (Å²) < 4.78 is 7.95. The van der Waals surface area contributed by atoms with E-state index in [0.29, 0.717) is 18.2 Å². The Kier molecular flexibility index (Phi) is 6.86. The molecule has 8 heteroatoms. The van der Waals surface area contributed by atoms with Crippen LogP contribution in [0.2, 0.25) is 5.02 Å². The van der Waals surface area contributed by atoms with Crippen molar-refractivity contribution in [1.29, 1.82) is 0 Å². The number of benzene rings is 2. The molecule has 1 fully saturated rings. The van der Waals surface area contributed by atoms with E-state index in [2.05, 4.69) is 9.88 Å². The van der Waals surface area contributed by atoms with Gasteiger partial charge in [0.15, 0.2) is 5.11 Å². The van der Waals surface area contributed by atoms with E-state index in [1.54, 1.807) is 6.08 Å². The van der Waals surface area contributed by atoms with Gasteiger partial charge < -0.3 is 9.30 Å². The van der Waals surface area contributed by atoms with Gasteiger partial charge in [-0.05, 0) is 81.0 Å². The first-order chi connectivity index (χ1) is 16.3. The zero-order chi connectivity index (χ0) is 24.4. The summed E-state index contributed by atoms with van der Waals surface area (Å²) in [5, 5.41) is 3.40. The Balaban J connectivity index is 1.57. The number of amides is 2. The van der Waals surface area contributed by atoms with E-state index in [1.165, 1.54) is 4.90 Å². The monoisotopic (exact) mass is 493 g/mol. The Morgan fingerprint density at radius 1 is 1.09 bits per heavy atom. The Morgan fingerprint density at radius 2 is 1.79 bits per heavy atom. The maximum atomic E-state index is 12.8. The number of halogens is 1. The number of nitrogens with zero attached hydrogens (tertiary/aromatic N) is 2. The fourth-order valence-corrected chi connectivity index (χ4v) is 4.43. The zero-order valence-corrected chi connectivity index (χ0v) is 20.7. The van der Waals surface area contributed by atoms with Crippen molar-refractivity contribution in [2.24, 2.45) is 0 Å². The molecule has 1 saturated heterocycles. The van der Waals surface area contributed by atoms with E-state index < -0.39 is 5.91 Å². The average Bonchev–Trinajstić information content (AvgIpc) is 3.09. The minimum absolute atomic E-state index is 0.0685. The summed E-state index contributed by atoms with van der Waals surface area (Å²) in [4.78, 5) is 26.6. The highest BCUT2D eigenvalue weighted by Crippen LogP contribution is 2.26. The van der Waals surface area contributed by atoms with Crippen LogP contribution in [0.5, 0.6) is 5.75 Å². The van der Waals surface area contributed by atoms with Gasteiger partial charge in [-0.25, -0.2) is 0 Å². The lowest BCUT2D eigenvalue weighted by atomic mass is 10.1. The third-order valence-corrected chi connectivity index (χ3v) is 6.41. The van der Waals surface area contributed by atoms with Crippen molar-refractivity contribution in [1.82, 2.24) is 14.8 Å². The highest BCUT2D eigenvalue weighted by Gasteiger charge is 2.32. The molecule has 0 atom stereocenters. The van der Waals surface area contributed by atoms with Crippen LogP contribution in [0.4, 0.5) is 0 Å². The minimum atomic E-state index is -0.482. The van der Waals surface area contributed by atoms with Gasteiger partial charge in [-0.2, -0.15) is 0 Å². The maximum Gasteiger partial charge on any atom is 0.265 e. The number of hydrogen-bond acceptors (Lipinski definition) is 4. The van der Waals surface area contributed by atoms with Crippen LogP contribution in [-0.2, 0) is 16.2 Å². The summed E-state index contributed by atoms with van der Waals surface area (Å²) in [5.41, 5.74) is 4.61. The number of thiocarbonyl (C=S) groups is 1. The summed E-state index contributed by atoms with van der Waals surface area (Å²) in [6.07, 6.45) is 1.63. The summed E-state index contributed by atoms with van der Waals surface area (Å²) >= 11 is 11.3. The minimum Gasteiger partial charge on any atom is -0.489 e. The molecule has 1 aliphatic heterocycles. The topological polar surface area (TPSA) is 63.6 Å². The summed E-state index contributed by atoms with van der Waals surface area (Å²) in [6.45, 7) is 6.51. The van der Waals surface area contributed by atoms with Crippen molar-refractivity contribution < 1.29 is 14.3 Å². The zero-order valence-electron chi connectivity index (χ0n) is 19.1. The number of carbonyl (C=O) groups excluding carboxylic acids is 2. The van der Waals surface area contributed by atoms with Crippen LogP contribution in [0.3, 0.4) is 0 Å². The van der Waals surface area contributed by atoms with Gasteiger partial charge in [-0.1, -0.05) is 29.8 Å². The standard InChI is InChI=1S/C26H24ClN3O3S/c1-4-29-25(32)22(24(31)28-26(29)34)14-19-13-16(2)30(17(19)3)20-9-11-21(12-10-20)33-15-18-7-5-6-8-23(18)27/h5-14H,4,15H2,1-3H3,(H,28,31,34)/b22-14+. The fraction of sp³-hybridized carbons (Fsp3) is 0.192. The number of aryl methyl sites for hydroxylation is 1. The van der Waals surface area contributed by atoms with Crippen LogP contribution in [0.25, 0.3) is 11.8 Å². The number of hydrogen-bond donors (Lipinski definition) is 1. The van der Waals surface area contributed by atoms with Gasteiger partial charge in [0.1, 0.15) is 17.9 Å². The van der Waals surface area contributed by atoms with Crippen LogP contribution < -0.4 is 10.1 Å². The Morgan fingerprint density at radius 3 is 2.47 bits per heavy atom. The first kappa shape index (κ1) is 23.7. The van der Waals surface area contributed by atoms with Crippen molar-refractivity contribution in [3.05, 3.63) is 87.7 Å². The van der Waals surface area contributed by atoms with Crippen molar-refractivity contribution in [2.75, 3.05) is 6.54 Å². The van der Waals surface area contributed by atoms with E-state index in [1.807, 2.05) is 75.4 Å². The quantitative estimate of drug-likeness (QED) is 0.299. The molecule has 1 aromatic heterocycles. The van der Waals surface area contributed by atoms with Crippen molar-refractivity contribution in [3.63, 3.8) is 0 Å². The number of likely N-dealkylation sites (N-methyl/N-ethyl adjacent to an activating group) is 1. The Bertz CT molecular complexity index is 1310. The second-order valence-electron chi connectivity index (χ2n) is 7.90. The second kappa shape index (κ2) is 9.83. The highest BCUT2D eigenvalue weighted by molar-refractivity contribution is 7.80. The van der Waals surface area contributed by atoms with E-state index in [0.717, 1.165) is 34.0 Å². The van der Waals surface area contributed by atoms with Gasteiger partial charge in [0.2, 0.25) is 0 Å². The van der Waals surface area contributed by atoms with Crippen LogP contribution in [0, 0.1) is 13.8 Å². The Labute approximate surface area is 208 Å². The smallest absolute Gasteiger partial charge is 0.265 e. The largest absolute Gasteiger partial charge is 0.489 e. The van der Waals surface area contributed by atoms with Gasteiger partial charge in [0, 0.05) is 34.2 Å². The number of aromatic nitrogens is 1. The first-order valence-electron chi connectivity index (χ1n) is 10.8. The SMILES string of the molecule is CCN1C(=O)/C(=C/c2cc(C)n(-c3ccc(OCc4ccccc4Cl)cc3)c2C)C(=O)NC1=S. The molecule has 2 aromatic carbocycles. The molecular weight excluding hydrogens is 470 g/mol. The molecule has 34 heavy (non-hydrogen) atoms. The molecule has 0 aliphatic carbocycles. The summed E-state index contributed by atoms with van der Waals surface area (Å²) in [5.74, 6) is -0.140. The molecule has 0 unspecified atom stereocenters. The molecular formula is C26H24ClN3O3S. The van der Waals surface area contributed by atoms with Gasteiger partial charge in [0.05, 0.1) is 0 Å². The molecule has 0 radical (unpaired) electrons. The number of ether oxygens (including phenoxy) is 1. The molecule has 4 rings (SSSR count). The molecule has 6 nitrogen and oxygen atoms in total. The van der Waals surface area contributed by atoms with Crippen molar-refractivity contribution in [2.45, 2.75) is 27.4 Å². The van der Waals surface area contributed by atoms with Crippen LogP contribution in [-0.4, -0.2) is 32.9 Å². The average molecular weight is 494 g/mol. The fourth-order valence-electron chi connectivity index (χ4n) is 3.94. The van der Waals surface area contributed by atoms with Crippen LogP contribution in [0.15, 0.2) is 60.2 Å². The van der Waals surface area contributed by atoms with E-state index in [9.17, 15) is 9.59 Å². The highest BCUT2D eigenvalue weighted by atomic mass is 35.5. The number of carbonyl (C=O) groups is 2. The molecule has 0 saturated carbocycles. The van der Waals surface area contributed by atoms with Crippen LogP contribution in [0.1, 0.15) is 29.4 Å². The molecule has 0 spiro atoms. The molecule has 0 bridgehead atoms. The van der Waals surface area contributed by atoms with Gasteiger partial charge >= 0.3 is 0 Å². The van der Waals surface area contributed by atoms with Crippen molar-refractivity contribution >= 4 is 46.8 Å². The third-order valence-electron chi connectivity index (χ3n) is 5.72. The maximum absolute atomic E-state index is 12.8. The van der Waals surface area contributed by atoms with Crippen LogP contribution >= 0.6 is 23.8 Å². The predicted octanol–water partition coefficient (Wildman–Crippen LogP) is 4.97. The lowest BCUT2D eigenvalue weighted by Crippen LogP contribution is -2.53. The Hall–Kier alpha value is -3.42. The first-order valence-corrected chi connectivity index (χ1v) is 11.6. The molecule has 1 N–H and O–H groups in total. The van der Waals surface area contributed by atoms with Crippen molar-refractivity contribution in [3.8, 4) is 11.4 Å². The van der Waals surface area contributed by atoms with E-state index >= 15 is 0 Å². The lowest BCUT2D eigenvalue weighted by Gasteiger charge is -2.27. The molecule has 2 amide bonds. The molecule has 3 aromatic rings. The lowest BCUT2D eigenvalue weighted by molar-refractivity contribution is -0.128. The van der Waals surface area contributed by atoms with E-state index in [4.69, 9.17) is 28.6 Å². The summed E-state index contributed by atoms with van der Waals surface area (Å²) in [7, 11) is 0. The molecule has 174 valence electrons. The van der Waals surface area contributed by atoms with Gasteiger partial charge in [-0.3, -0.25) is 19.8 Å². The number of nitrogens with one attached hydrogen (secondary N) is 1. The second-order valence-corrected chi connectivity index (χ2v) is 8.70. The molecule has 1 aliphatic rings. The number of rotatable bonds is 6. The predicted molar refractivity (Wildman–Crippen MR) is 137 cm³/mol. The van der Waals surface area contributed by atoms with E-state index in [-0.39, 0.29) is 16.6 Å². The molecule has 2 heterocycles. The van der Waals surface area contributed by atoms with Gasteiger partial charge in [-0.15, -0.1) is 0 Å². The third kappa shape index (κ3) is 4.62.